The van der Waals surface area contributed by atoms with E-state index in [1.54, 1.807) is 0 Å². The maximum Gasteiger partial charge on any atom is 0.0223 e. The molecule has 0 bridgehead atoms. The molecule has 0 aliphatic carbocycles. The van der Waals surface area contributed by atoms with Gasteiger partial charge in [0.15, 0.2) is 0 Å². The molecule has 0 unspecified atom stereocenters. The quantitative estimate of drug-likeness (QED) is 0.659. The average molecular weight is 198 g/mol. The first-order valence-corrected chi connectivity index (χ1v) is 6.22. The van der Waals surface area contributed by atoms with Gasteiger partial charge in [-0.2, -0.15) is 0 Å². The maximum absolute atomic E-state index is 3.57. The van der Waals surface area contributed by atoms with Gasteiger partial charge in [-0.15, -0.1) is 0 Å². The van der Waals surface area contributed by atoms with E-state index in [-0.39, 0.29) is 0 Å². The van der Waals surface area contributed by atoms with Crippen molar-refractivity contribution in [2.24, 2.45) is 0 Å². The van der Waals surface area contributed by atoms with Gasteiger partial charge in [0.25, 0.3) is 0 Å². The Bertz CT molecular complexity index is 145. The Morgan fingerprint density at radius 3 is 2.86 bits per heavy atom. The van der Waals surface area contributed by atoms with E-state index >= 15 is 0 Å². The van der Waals surface area contributed by atoms with E-state index in [0.717, 1.165) is 12.1 Å². The topological polar surface area (TPSA) is 15.3 Å². The summed E-state index contributed by atoms with van der Waals surface area (Å²) >= 11 is 0. The minimum absolute atomic E-state index is 0.718. The van der Waals surface area contributed by atoms with Crippen molar-refractivity contribution in [1.82, 2.24) is 10.2 Å². The van der Waals surface area contributed by atoms with Gasteiger partial charge in [0.05, 0.1) is 0 Å². The van der Waals surface area contributed by atoms with E-state index in [1.807, 2.05) is 0 Å². The summed E-state index contributed by atoms with van der Waals surface area (Å²) in [4.78, 5) is 2.64. The molecule has 1 fully saturated rings. The summed E-state index contributed by atoms with van der Waals surface area (Å²) in [6, 6.07) is 1.52. The van der Waals surface area contributed by atoms with Crippen LogP contribution in [0.3, 0.4) is 0 Å². The molecule has 1 atom stereocenters. The van der Waals surface area contributed by atoms with Gasteiger partial charge in [-0.3, -0.25) is 4.90 Å². The Labute approximate surface area is 89.1 Å². The van der Waals surface area contributed by atoms with Crippen LogP contribution in [0.5, 0.6) is 0 Å². The molecule has 0 saturated carbocycles. The Kier molecular flexibility index (Phi) is 5.49. The third-order valence-corrected chi connectivity index (χ3v) is 3.17. The molecule has 0 radical (unpaired) electrons. The van der Waals surface area contributed by atoms with E-state index < -0.39 is 0 Å². The summed E-state index contributed by atoms with van der Waals surface area (Å²) in [6.07, 6.45) is 5.38. The largest absolute Gasteiger partial charge is 0.315 e. The maximum atomic E-state index is 3.57. The van der Waals surface area contributed by atoms with E-state index in [9.17, 15) is 0 Å². The molecule has 1 aliphatic heterocycles. The Morgan fingerprint density at radius 2 is 2.21 bits per heavy atom. The molecule has 84 valence electrons. The molecule has 2 nitrogen and oxygen atoms in total. The van der Waals surface area contributed by atoms with Crippen LogP contribution in [0.15, 0.2) is 0 Å². The van der Waals surface area contributed by atoms with Crippen LogP contribution in [0.4, 0.5) is 0 Å². The van der Waals surface area contributed by atoms with Crippen molar-refractivity contribution in [2.75, 3.05) is 19.6 Å². The van der Waals surface area contributed by atoms with Crippen molar-refractivity contribution in [2.45, 2.75) is 58.5 Å². The lowest BCUT2D eigenvalue weighted by atomic mass is 10.2. The summed E-state index contributed by atoms with van der Waals surface area (Å²) in [5.41, 5.74) is 0. The molecule has 0 aromatic rings. The summed E-state index contributed by atoms with van der Waals surface area (Å²) in [5, 5.41) is 3.57. The Balaban J connectivity index is 2.16. The van der Waals surface area contributed by atoms with Crippen molar-refractivity contribution < 1.29 is 0 Å². The summed E-state index contributed by atoms with van der Waals surface area (Å²) < 4.78 is 0. The van der Waals surface area contributed by atoms with Gasteiger partial charge in [-0.25, -0.2) is 0 Å². The third-order valence-electron chi connectivity index (χ3n) is 3.17. The van der Waals surface area contributed by atoms with Gasteiger partial charge in [0.1, 0.15) is 0 Å². The fourth-order valence-corrected chi connectivity index (χ4v) is 2.33. The molecule has 1 heterocycles. The van der Waals surface area contributed by atoms with Gasteiger partial charge < -0.3 is 5.32 Å². The van der Waals surface area contributed by atoms with Crippen molar-refractivity contribution in [3.05, 3.63) is 0 Å². The van der Waals surface area contributed by atoms with Crippen LogP contribution in [-0.2, 0) is 0 Å². The Morgan fingerprint density at radius 1 is 1.43 bits per heavy atom. The fourth-order valence-electron chi connectivity index (χ4n) is 2.33. The first-order valence-electron chi connectivity index (χ1n) is 6.22. The zero-order valence-corrected chi connectivity index (χ0v) is 10.1. The predicted molar refractivity (Wildman–Crippen MR) is 62.6 cm³/mol. The number of likely N-dealkylation sites (tertiary alicyclic amines) is 1. The van der Waals surface area contributed by atoms with Crippen molar-refractivity contribution >= 4 is 0 Å². The first-order chi connectivity index (χ1) is 6.75. The molecule has 1 N–H and O–H groups in total. The zero-order chi connectivity index (χ0) is 10.4. The van der Waals surface area contributed by atoms with E-state index in [4.69, 9.17) is 0 Å². The molecular weight excluding hydrogens is 172 g/mol. The Hall–Kier alpha value is -0.0800. The second kappa shape index (κ2) is 6.41. The number of hydrogen-bond donors (Lipinski definition) is 1. The van der Waals surface area contributed by atoms with Crippen LogP contribution in [-0.4, -0.2) is 36.6 Å². The summed E-state index contributed by atoms with van der Waals surface area (Å²) in [5.74, 6) is 0. The molecular formula is C12H26N2. The molecule has 0 amide bonds. The number of rotatable bonds is 6. The minimum Gasteiger partial charge on any atom is -0.315 e. The molecule has 0 aromatic carbocycles. The lowest BCUT2D eigenvalue weighted by Gasteiger charge is -2.28. The van der Waals surface area contributed by atoms with E-state index in [2.05, 4.69) is 31.0 Å². The van der Waals surface area contributed by atoms with E-state index in [1.165, 1.54) is 45.3 Å². The van der Waals surface area contributed by atoms with Crippen molar-refractivity contribution in [3.63, 3.8) is 0 Å². The molecule has 1 aliphatic rings. The van der Waals surface area contributed by atoms with Crippen LogP contribution in [0.2, 0.25) is 0 Å². The van der Waals surface area contributed by atoms with Crippen LogP contribution in [0.25, 0.3) is 0 Å². The summed E-state index contributed by atoms with van der Waals surface area (Å²) in [6.45, 7) is 10.6. The van der Waals surface area contributed by atoms with E-state index in [0.29, 0.717) is 0 Å². The van der Waals surface area contributed by atoms with Gasteiger partial charge in [0.2, 0.25) is 0 Å². The minimum atomic E-state index is 0.718. The van der Waals surface area contributed by atoms with Crippen LogP contribution >= 0.6 is 0 Å². The lowest BCUT2D eigenvalue weighted by Crippen LogP contribution is -2.41. The van der Waals surface area contributed by atoms with Gasteiger partial charge in [-0.05, 0) is 46.2 Å². The van der Waals surface area contributed by atoms with Crippen molar-refractivity contribution in [3.8, 4) is 0 Å². The SMILES string of the molecule is CCCCNC[C@@H]1CCCN1C(C)C. The number of unbranched alkanes of at least 4 members (excludes halogenated alkanes) is 1. The molecule has 2 heteroatoms. The fraction of sp³-hybridized carbons (Fsp3) is 1.00. The highest BCUT2D eigenvalue weighted by atomic mass is 15.2. The second-order valence-corrected chi connectivity index (χ2v) is 4.69. The number of hydrogen-bond acceptors (Lipinski definition) is 2. The van der Waals surface area contributed by atoms with Gasteiger partial charge >= 0.3 is 0 Å². The third kappa shape index (κ3) is 3.58. The van der Waals surface area contributed by atoms with Crippen LogP contribution < -0.4 is 5.32 Å². The van der Waals surface area contributed by atoms with Gasteiger partial charge in [-0.1, -0.05) is 13.3 Å². The molecule has 0 aromatic heterocycles. The number of nitrogens with zero attached hydrogens (tertiary/aromatic N) is 1. The molecule has 1 saturated heterocycles. The molecule has 0 spiro atoms. The van der Waals surface area contributed by atoms with Crippen LogP contribution in [0, 0.1) is 0 Å². The van der Waals surface area contributed by atoms with Gasteiger partial charge in [0, 0.05) is 18.6 Å². The lowest BCUT2D eigenvalue weighted by molar-refractivity contribution is 0.200. The highest BCUT2D eigenvalue weighted by Crippen LogP contribution is 2.18. The predicted octanol–water partition coefficient (Wildman–Crippen LogP) is 2.25. The average Bonchev–Trinajstić information content (AvgIpc) is 2.60. The standard InChI is InChI=1S/C12H26N2/c1-4-5-8-13-10-12-7-6-9-14(12)11(2)3/h11-13H,4-10H2,1-3H3/t12-/m0/s1. The highest BCUT2D eigenvalue weighted by Gasteiger charge is 2.25. The van der Waals surface area contributed by atoms with Crippen LogP contribution in [0.1, 0.15) is 46.5 Å². The zero-order valence-electron chi connectivity index (χ0n) is 10.1. The molecule has 1 rings (SSSR count). The first kappa shape index (κ1) is 12.0. The number of nitrogens with one attached hydrogen (secondary N) is 1. The second-order valence-electron chi connectivity index (χ2n) is 4.69. The van der Waals surface area contributed by atoms with Crippen molar-refractivity contribution in [1.29, 1.82) is 0 Å². The highest BCUT2D eigenvalue weighted by molar-refractivity contribution is 4.82. The normalized spacial score (nSPS) is 23.6. The molecule has 14 heavy (non-hydrogen) atoms. The smallest absolute Gasteiger partial charge is 0.0223 e. The summed E-state index contributed by atoms with van der Waals surface area (Å²) in [7, 11) is 0. The monoisotopic (exact) mass is 198 g/mol.